The van der Waals surface area contributed by atoms with Gasteiger partial charge in [0.05, 0.1) is 11.4 Å². The molecule has 9 nitrogen and oxygen atoms in total. The van der Waals surface area contributed by atoms with E-state index in [1.807, 2.05) is 0 Å². The number of carbonyl (C=O) groups excluding carboxylic acids is 1. The number of fused-ring (bicyclic) bond motifs is 1. The van der Waals surface area contributed by atoms with Crippen molar-refractivity contribution in [2.24, 2.45) is 0 Å². The maximum Gasteiger partial charge on any atom is 0.328 e. The summed E-state index contributed by atoms with van der Waals surface area (Å²) < 4.78 is 12.5. The van der Waals surface area contributed by atoms with E-state index in [1.165, 1.54) is 18.5 Å². The van der Waals surface area contributed by atoms with E-state index >= 15 is 0 Å². The van der Waals surface area contributed by atoms with Crippen molar-refractivity contribution in [1.29, 1.82) is 0 Å². The van der Waals surface area contributed by atoms with Crippen LogP contribution in [0.5, 0.6) is 11.5 Å². The van der Waals surface area contributed by atoms with Gasteiger partial charge < -0.3 is 19.9 Å². The summed E-state index contributed by atoms with van der Waals surface area (Å²) in [6.45, 7) is 5.43. The molecule has 25 heavy (non-hydrogen) atoms. The summed E-state index contributed by atoms with van der Waals surface area (Å²) in [7, 11) is 0. The topological polar surface area (TPSA) is 116 Å². The Bertz CT molecular complexity index is 843. The highest BCUT2D eigenvalue weighted by molar-refractivity contribution is 5.96. The predicted molar refractivity (Wildman–Crippen MR) is 86.3 cm³/mol. The molecule has 2 N–H and O–H groups in total. The molecular formula is C16H18N4O5. The second-order valence-electron chi connectivity index (χ2n) is 6.15. The van der Waals surface area contributed by atoms with Gasteiger partial charge in [0.15, 0.2) is 17.2 Å². The number of aliphatic carboxylic acids is 1. The van der Waals surface area contributed by atoms with Crippen LogP contribution in [0.25, 0.3) is 5.69 Å². The average Bonchev–Trinajstić information content (AvgIpc) is 2.95. The highest BCUT2D eigenvalue weighted by atomic mass is 16.6. The normalized spacial score (nSPS) is 13.4. The highest BCUT2D eigenvalue weighted by Crippen LogP contribution is 2.32. The van der Waals surface area contributed by atoms with Gasteiger partial charge in [0.25, 0.3) is 5.91 Å². The quantitative estimate of drug-likeness (QED) is 0.846. The molecule has 0 atom stereocenters. The van der Waals surface area contributed by atoms with Gasteiger partial charge in [-0.15, -0.1) is 5.10 Å². The second kappa shape index (κ2) is 6.08. The first kappa shape index (κ1) is 16.7. The molecule has 0 saturated carbocycles. The lowest BCUT2D eigenvalue weighted by Gasteiger charge is -2.20. The van der Waals surface area contributed by atoms with Gasteiger partial charge in [-0.2, -0.15) is 0 Å². The molecular weight excluding hydrogens is 328 g/mol. The third-order valence-electron chi connectivity index (χ3n) is 3.84. The van der Waals surface area contributed by atoms with Gasteiger partial charge in [-0.25, -0.2) is 9.48 Å². The number of ether oxygens (including phenoxy) is 2. The minimum Gasteiger partial charge on any atom is -0.486 e. The second-order valence-corrected chi connectivity index (χ2v) is 6.15. The van der Waals surface area contributed by atoms with Crippen LogP contribution in [0.2, 0.25) is 0 Å². The fourth-order valence-electron chi connectivity index (χ4n) is 2.34. The molecule has 0 radical (unpaired) electrons. The first-order valence-electron chi connectivity index (χ1n) is 7.68. The molecule has 0 aliphatic carbocycles. The zero-order valence-electron chi connectivity index (χ0n) is 14.1. The molecule has 2 heterocycles. The van der Waals surface area contributed by atoms with E-state index in [-0.39, 0.29) is 5.69 Å². The van der Waals surface area contributed by atoms with Crippen molar-refractivity contribution in [1.82, 2.24) is 20.3 Å². The van der Waals surface area contributed by atoms with Gasteiger partial charge in [-0.3, -0.25) is 4.79 Å². The number of hydrogen-bond donors (Lipinski definition) is 2. The van der Waals surface area contributed by atoms with E-state index in [9.17, 15) is 9.59 Å². The Balaban J connectivity index is 1.89. The van der Waals surface area contributed by atoms with E-state index < -0.39 is 17.4 Å². The number of nitrogens with one attached hydrogen (secondary N) is 1. The van der Waals surface area contributed by atoms with Crippen molar-refractivity contribution in [2.75, 3.05) is 13.2 Å². The van der Waals surface area contributed by atoms with E-state index in [1.54, 1.807) is 25.1 Å². The van der Waals surface area contributed by atoms with E-state index in [0.717, 1.165) is 0 Å². The van der Waals surface area contributed by atoms with Crippen LogP contribution in [-0.2, 0) is 4.79 Å². The molecule has 1 aromatic heterocycles. The molecule has 1 amide bonds. The van der Waals surface area contributed by atoms with Gasteiger partial charge in [0.2, 0.25) is 0 Å². The number of hydrogen-bond acceptors (Lipinski definition) is 6. The number of carboxylic acid groups (broad SMARTS) is 1. The Morgan fingerprint density at radius 1 is 1.24 bits per heavy atom. The van der Waals surface area contributed by atoms with Gasteiger partial charge >= 0.3 is 5.97 Å². The van der Waals surface area contributed by atoms with E-state index in [0.29, 0.717) is 36.1 Å². The molecule has 2 aromatic rings. The third-order valence-corrected chi connectivity index (χ3v) is 3.84. The van der Waals surface area contributed by atoms with Crippen LogP contribution in [0, 0.1) is 6.92 Å². The maximum absolute atomic E-state index is 12.3. The van der Waals surface area contributed by atoms with Gasteiger partial charge in [-0.05, 0) is 32.9 Å². The van der Waals surface area contributed by atoms with Crippen LogP contribution >= 0.6 is 0 Å². The van der Waals surface area contributed by atoms with Crippen molar-refractivity contribution < 1.29 is 24.2 Å². The van der Waals surface area contributed by atoms with Crippen LogP contribution in [0.1, 0.15) is 30.0 Å². The zero-order chi connectivity index (χ0) is 18.2. The molecule has 0 bridgehead atoms. The number of carboxylic acids is 1. The Labute approximate surface area is 143 Å². The van der Waals surface area contributed by atoms with Crippen LogP contribution in [0.3, 0.4) is 0 Å². The Morgan fingerprint density at radius 2 is 1.92 bits per heavy atom. The standard InChI is InChI=1S/C16H18N4O5/c1-9-13(14(21)17-16(2,3)15(22)23)18-19-20(9)10-4-5-11-12(8-10)25-7-6-24-11/h4-5,8H,6-7H2,1-3H3,(H,17,21)(H,22,23). The molecule has 0 spiro atoms. The third kappa shape index (κ3) is 3.12. The molecule has 0 saturated heterocycles. The van der Waals surface area contributed by atoms with Crippen molar-refractivity contribution in [2.45, 2.75) is 26.3 Å². The molecule has 9 heteroatoms. The fourth-order valence-corrected chi connectivity index (χ4v) is 2.34. The summed E-state index contributed by atoms with van der Waals surface area (Å²) in [4.78, 5) is 23.5. The molecule has 1 aliphatic rings. The van der Waals surface area contributed by atoms with Crippen LogP contribution in [0.4, 0.5) is 0 Å². The van der Waals surface area contributed by atoms with Gasteiger partial charge in [0, 0.05) is 6.07 Å². The SMILES string of the molecule is Cc1c(C(=O)NC(C)(C)C(=O)O)nnn1-c1ccc2c(c1)OCCO2. The summed E-state index contributed by atoms with van der Waals surface area (Å²) in [5, 5.41) is 19.4. The number of rotatable bonds is 4. The van der Waals surface area contributed by atoms with Crippen molar-refractivity contribution in [3.63, 3.8) is 0 Å². The van der Waals surface area contributed by atoms with Crippen molar-refractivity contribution >= 4 is 11.9 Å². The van der Waals surface area contributed by atoms with E-state index in [4.69, 9.17) is 14.6 Å². The lowest BCUT2D eigenvalue weighted by Crippen LogP contribution is -2.49. The van der Waals surface area contributed by atoms with Crippen LogP contribution in [-0.4, -0.2) is 50.7 Å². The molecule has 132 valence electrons. The summed E-state index contributed by atoms with van der Waals surface area (Å²) in [6, 6.07) is 5.29. The number of nitrogens with zero attached hydrogens (tertiary/aromatic N) is 3. The Morgan fingerprint density at radius 3 is 2.60 bits per heavy atom. The first-order chi connectivity index (χ1) is 11.8. The van der Waals surface area contributed by atoms with Crippen molar-refractivity contribution in [3.8, 4) is 17.2 Å². The zero-order valence-corrected chi connectivity index (χ0v) is 14.1. The summed E-state index contributed by atoms with van der Waals surface area (Å²) in [6.07, 6.45) is 0. The Hall–Kier alpha value is -3.10. The Kier molecular flexibility index (Phi) is 4.07. The summed E-state index contributed by atoms with van der Waals surface area (Å²) >= 11 is 0. The lowest BCUT2D eigenvalue weighted by atomic mass is 10.1. The number of benzene rings is 1. The minimum absolute atomic E-state index is 0.0595. The van der Waals surface area contributed by atoms with Crippen molar-refractivity contribution in [3.05, 3.63) is 29.6 Å². The fraction of sp³-hybridized carbons (Fsp3) is 0.375. The maximum atomic E-state index is 12.3. The summed E-state index contributed by atoms with van der Waals surface area (Å²) in [5.74, 6) is -0.503. The lowest BCUT2D eigenvalue weighted by molar-refractivity contribution is -0.143. The van der Waals surface area contributed by atoms with Gasteiger partial charge in [0.1, 0.15) is 18.8 Å². The van der Waals surface area contributed by atoms with Crippen LogP contribution in [0.15, 0.2) is 18.2 Å². The molecule has 3 rings (SSSR count). The number of amides is 1. The monoisotopic (exact) mass is 346 g/mol. The van der Waals surface area contributed by atoms with E-state index in [2.05, 4.69) is 15.6 Å². The smallest absolute Gasteiger partial charge is 0.328 e. The molecule has 0 unspecified atom stereocenters. The number of carbonyl (C=O) groups is 2. The first-order valence-corrected chi connectivity index (χ1v) is 7.68. The van der Waals surface area contributed by atoms with Gasteiger partial charge in [-0.1, -0.05) is 5.21 Å². The largest absolute Gasteiger partial charge is 0.486 e. The molecule has 1 aliphatic heterocycles. The average molecular weight is 346 g/mol. The van der Waals surface area contributed by atoms with Crippen LogP contribution < -0.4 is 14.8 Å². The number of aromatic nitrogens is 3. The molecule has 1 aromatic carbocycles. The highest BCUT2D eigenvalue weighted by Gasteiger charge is 2.31. The minimum atomic E-state index is -1.41. The molecule has 0 fully saturated rings. The summed E-state index contributed by atoms with van der Waals surface area (Å²) in [5.41, 5.74) is -0.213. The predicted octanol–water partition coefficient (Wildman–Crippen LogP) is 0.940.